The molecule has 3 aromatic heterocycles. The van der Waals surface area contributed by atoms with Crippen molar-refractivity contribution in [3.05, 3.63) is 71.2 Å². The number of hydrogen-bond acceptors (Lipinski definition) is 7. The van der Waals surface area contributed by atoms with Crippen LogP contribution in [0.4, 0.5) is 15.8 Å². The Kier molecular flexibility index (Phi) is 5.89. The summed E-state index contributed by atoms with van der Waals surface area (Å²) in [7, 11) is 1.44. The van der Waals surface area contributed by atoms with Crippen molar-refractivity contribution in [1.29, 1.82) is 0 Å². The Morgan fingerprint density at radius 1 is 1.24 bits per heavy atom. The molecule has 0 fully saturated rings. The number of methoxy groups -OCH3 is 1. The van der Waals surface area contributed by atoms with E-state index in [4.69, 9.17) is 28.5 Å². The van der Waals surface area contributed by atoms with Gasteiger partial charge in [-0.2, -0.15) is 10.2 Å². The Morgan fingerprint density at radius 2 is 2.00 bits per heavy atom. The number of benzene rings is 1. The molecule has 3 N–H and O–H groups in total. The lowest BCUT2D eigenvalue weighted by atomic mass is 9.98. The molecule has 0 bridgehead atoms. The first kappa shape index (κ1) is 21.7. The van der Waals surface area contributed by atoms with E-state index in [-0.39, 0.29) is 27.4 Å². The molecule has 9 nitrogen and oxygen atoms in total. The number of terminal acetylenes is 1. The molecule has 4 aromatic rings. The monoisotopic (exact) mass is 463 g/mol. The van der Waals surface area contributed by atoms with E-state index in [2.05, 4.69) is 31.4 Å². The maximum Gasteiger partial charge on any atom is 0.257 e. The number of hydrogen-bond donors (Lipinski definition) is 2. The topological polar surface area (TPSA) is 121 Å². The summed E-state index contributed by atoms with van der Waals surface area (Å²) in [6.45, 7) is 0. The minimum absolute atomic E-state index is 0.000342. The second kappa shape index (κ2) is 8.94. The quantitative estimate of drug-likeness (QED) is 0.435. The first-order valence-corrected chi connectivity index (χ1v) is 9.72. The number of carbonyl (C=O) groups excluding carboxylic acids is 1. The molecule has 4 rings (SSSR count). The van der Waals surface area contributed by atoms with E-state index in [1.165, 1.54) is 55.0 Å². The number of nitrogen functional groups attached to an aromatic ring is 1. The van der Waals surface area contributed by atoms with Gasteiger partial charge in [-0.3, -0.25) is 9.78 Å². The summed E-state index contributed by atoms with van der Waals surface area (Å²) in [6, 6.07) is 3.84. The molecule has 1 aromatic carbocycles. The highest BCUT2D eigenvalue weighted by atomic mass is 35.5. The number of halogens is 2. The average Bonchev–Trinajstić information content (AvgIpc) is 3.35. The summed E-state index contributed by atoms with van der Waals surface area (Å²) >= 11 is 6.32. The zero-order chi connectivity index (χ0) is 23.5. The zero-order valence-corrected chi connectivity index (χ0v) is 17.8. The van der Waals surface area contributed by atoms with Gasteiger partial charge < -0.3 is 15.8 Å². The van der Waals surface area contributed by atoms with Crippen molar-refractivity contribution in [2.75, 3.05) is 18.2 Å². The van der Waals surface area contributed by atoms with Gasteiger partial charge in [0, 0.05) is 23.4 Å². The lowest BCUT2D eigenvalue weighted by molar-refractivity contribution is 0.102. The average molecular weight is 464 g/mol. The molecule has 0 aliphatic heterocycles. The molecule has 0 saturated carbocycles. The Bertz CT molecular complexity index is 1400. The van der Waals surface area contributed by atoms with E-state index in [1.807, 2.05) is 0 Å². The summed E-state index contributed by atoms with van der Waals surface area (Å²) in [5.41, 5.74) is 6.96. The first-order chi connectivity index (χ1) is 15.9. The number of ether oxygens (including phenoxy) is 1. The summed E-state index contributed by atoms with van der Waals surface area (Å²) < 4.78 is 20.3. The van der Waals surface area contributed by atoms with Crippen LogP contribution in [0.2, 0.25) is 5.02 Å². The van der Waals surface area contributed by atoms with Crippen LogP contribution in [-0.4, -0.2) is 38.0 Å². The molecular weight excluding hydrogens is 449 g/mol. The third kappa shape index (κ3) is 4.17. The van der Waals surface area contributed by atoms with Crippen molar-refractivity contribution in [3.63, 3.8) is 0 Å². The van der Waals surface area contributed by atoms with Gasteiger partial charge in [-0.15, -0.1) is 11.2 Å². The van der Waals surface area contributed by atoms with Crippen LogP contribution < -0.4 is 15.8 Å². The lowest BCUT2D eigenvalue weighted by Crippen LogP contribution is -2.14. The molecule has 1 amide bonds. The number of carbonyl (C=O) groups is 1. The molecule has 3 heterocycles. The fourth-order valence-corrected chi connectivity index (χ4v) is 3.38. The Labute approximate surface area is 192 Å². The zero-order valence-electron chi connectivity index (χ0n) is 17.1. The van der Waals surface area contributed by atoms with Crippen molar-refractivity contribution in [2.45, 2.75) is 0 Å². The van der Waals surface area contributed by atoms with Gasteiger partial charge in [0.2, 0.25) is 5.82 Å². The second-order valence-electron chi connectivity index (χ2n) is 6.63. The highest BCUT2D eigenvalue weighted by Crippen LogP contribution is 2.34. The summed E-state index contributed by atoms with van der Waals surface area (Å²) in [4.78, 5) is 22.2. The first-order valence-electron chi connectivity index (χ1n) is 9.34. The van der Waals surface area contributed by atoms with Crippen molar-refractivity contribution in [2.24, 2.45) is 0 Å². The normalized spacial score (nSPS) is 10.5. The largest absolute Gasteiger partial charge is 0.493 e. The third-order valence-corrected chi connectivity index (χ3v) is 4.93. The fourth-order valence-electron chi connectivity index (χ4n) is 3.13. The van der Waals surface area contributed by atoms with Crippen LogP contribution in [0, 0.1) is 18.2 Å². The molecule has 164 valence electrons. The van der Waals surface area contributed by atoms with Gasteiger partial charge in [0.1, 0.15) is 5.82 Å². The SMILES string of the molecule is C#Cc1cncc(N)c1-c1cc(Cl)c(C(=O)Nc2cnc(-n3nccn3)c(OC)c2)cc1F. The number of aromatic nitrogens is 5. The van der Waals surface area contributed by atoms with Gasteiger partial charge in [0.25, 0.3) is 5.91 Å². The summed E-state index contributed by atoms with van der Waals surface area (Å²) in [5.74, 6) is 1.67. The van der Waals surface area contributed by atoms with E-state index >= 15 is 4.39 Å². The predicted molar refractivity (Wildman–Crippen MR) is 121 cm³/mol. The Hall–Kier alpha value is -4.49. The molecule has 0 aliphatic rings. The highest BCUT2D eigenvalue weighted by molar-refractivity contribution is 6.34. The lowest BCUT2D eigenvalue weighted by Gasteiger charge is -2.13. The van der Waals surface area contributed by atoms with Gasteiger partial charge in [-0.05, 0) is 12.1 Å². The Balaban J connectivity index is 1.65. The molecule has 11 heteroatoms. The van der Waals surface area contributed by atoms with Gasteiger partial charge in [0.15, 0.2) is 5.75 Å². The van der Waals surface area contributed by atoms with Crippen molar-refractivity contribution in [3.8, 4) is 35.0 Å². The van der Waals surface area contributed by atoms with Gasteiger partial charge >= 0.3 is 0 Å². The van der Waals surface area contributed by atoms with Gasteiger partial charge in [-0.1, -0.05) is 17.5 Å². The van der Waals surface area contributed by atoms with Crippen molar-refractivity contribution >= 4 is 28.9 Å². The van der Waals surface area contributed by atoms with Crippen LogP contribution in [0.25, 0.3) is 16.9 Å². The second-order valence-corrected chi connectivity index (χ2v) is 7.04. The van der Waals surface area contributed by atoms with E-state index < -0.39 is 11.7 Å². The van der Waals surface area contributed by atoms with E-state index in [0.717, 1.165) is 6.07 Å². The van der Waals surface area contributed by atoms with Gasteiger partial charge in [0.05, 0.1) is 59.4 Å². The van der Waals surface area contributed by atoms with Crippen LogP contribution in [0.3, 0.4) is 0 Å². The molecule has 0 radical (unpaired) electrons. The number of nitrogens with one attached hydrogen (secondary N) is 1. The molecular formula is C22H15ClFN7O2. The maximum absolute atomic E-state index is 15.0. The molecule has 0 unspecified atom stereocenters. The molecule has 0 aliphatic carbocycles. The summed E-state index contributed by atoms with van der Waals surface area (Å²) in [6.07, 6.45) is 12.6. The Morgan fingerprint density at radius 3 is 2.70 bits per heavy atom. The standard InChI is InChI=1S/C22H15ClFN7O2/c1-3-12-9-26-11-18(25)20(12)15-7-16(23)14(8-17(15)24)22(32)30-13-6-19(33-2)21(27-10-13)31-28-4-5-29-31/h1,4-11H,25H2,2H3,(H,30,32). The fraction of sp³-hybridized carbons (Fsp3) is 0.0455. The van der Waals surface area contributed by atoms with Crippen LogP contribution in [0.15, 0.2) is 49.2 Å². The number of pyridine rings is 2. The van der Waals surface area contributed by atoms with E-state index in [1.54, 1.807) is 0 Å². The third-order valence-electron chi connectivity index (χ3n) is 4.62. The van der Waals surface area contributed by atoms with Crippen LogP contribution in [-0.2, 0) is 0 Å². The number of nitrogens with zero attached hydrogens (tertiary/aromatic N) is 5. The van der Waals surface area contributed by atoms with Crippen molar-refractivity contribution in [1.82, 2.24) is 25.0 Å². The number of anilines is 2. The van der Waals surface area contributed by atoms with Crippen LogP contribution in [0.5, 0.6) is 5.75 Å². The minimum atomic E-state index is -0.727. The smallest absolute Gasteiger partial charge is 0.257 e. The number of amides is 1. The molecule has 33 heavy (non-hydrogen) atoms. The van der Waals surface area contributed by atoms with Crippen LogP contribution in [0.1, 0.15) is 15.9 Å². The molecule has 0 spiro atoms. The van der Waals surface area contributed by atoms with Crippen LogP contribution >= 0.6 is 11.6 Å². The van der Waals surface area contributed by atoms with Crippen molar-refractivity contribution < 1.29 is 13.9 Å². The van der Waals surface area contributed by atoms with E-state index in [0.29, 0.717) is 22.8 Å². The maximum atomic E-state index is 15.0. The number of nitrogens with two attached hydrogens (primary N) is 1. The predicted octanol–water partition coefficient (Wildman–Crippen LogP) is 3.34. The molecule has 0 atom stereocenters. The molecule has 0 saturated heterocycles. The number of rotatable bonds is 5. The highest BCUT2D eigenvalue weighted by Gasteiger charge is 2.20. The summed E-state index contributed by atoms with van der Waals surface area (Å²) in [5, 5.41) is 10.6. The minimum Gasteiger partial charge on any atom is -0.493 e. The van der Waals surface area contributed by atoms with Gasteiger partial charge in [-0.25, -0.2) is 9.37 Å². The van der Waals surface area contributed by atoms with E-state index in [9.17, 15) is 4.79 Å².